The summed E-state index contributed by atoms with van der Waals surface area (Å²) in [5.74, 6) is 0.415. The van der Waals surface area contributed by atoms with Crippen LogP contribution in [0.4, 0.5) is 5.69 Å². The number of hydrogen-bond donors (Lipinski definition) is 3. The van der Waals surface area contributed by atoms with Gasteiger partial charge in [0.2, 0.25) is 0 Å². The second-order valence-electron chi connectivity index (χ2n) is 10.6. The number of likely N-dealkylation sites (N-methyl/N-ethyl adjacent to an activating group) is 1. The van der Waals surface area contributed by atoms with Crippen molar-refractivity contribution in [3.05, 3.63) is 101 Å². The molecule has 1 aliphatic rings. The third-order valence-electron chi connectivity index (χ3n) is 7.71. The molecule has 1 aliphatic heterocycles. The Hall–Kier alpha value is -4.17. The number of carbonyl (C=O) groups is 1. The highest BCUT2D eigenvalue weighted by Gasteiger charge is 2.15. The molecule has 1 fully saturated rings. The summed E-state index contributed by atoms with van der Waals surface area (Å²) in [4.78, 5) is 25.9. The molecular formula is C33H32ClN5O2. The van der Waals surface area contributed by atoms with E-state index in [4.69, 9.17) is 11.6 Å². The van der Waals surface area contributed by atoms with Crippen LogP contribution in [0, 0.1) is 0 Å². The van der Waals surface area contributed by atoms with E-state index in [1.54, 1.807) is 24.3 Å². The Kier molecular flexibility index (Phi) is 7.74. The maximum absolute atomic E-state index is 13.1. The summed E-state index contributed by atoms with van der Waals surface area (Å²) in [5, 5.41) is 14.2. The second kappa shape index (κ2) is 11.7. The number of piperazine rings is 1. The molecule has 41 heavy (non-hydrogen) atoms. The number of aromatic nitrogens is 2. The average Bonchev–Trinajstić information content (AvgIpc) is 3.41. The molecule has 0 saturated carbocycles. The van der Waals surface area contributed by atoms with Gasteiger partial charge < -0.3 is 25.2 Å². The number of carbonyl (C=O) groups excluding carboxylic acids is 1. The fourth-order valence-corrected chi connectivity index (χ4v) is 5.43. The van der Waals surface area contributed by atoms with Crippen LogP contribution in [-0.2, 0) is 6.42 Å². The quantitative estimate of drug-likeness (QED) is 0.216. The summed E-state index contributed by atoms with van der Waals surface area (Å²) in [5.41, 5.74) is 6.22. The Balaban J connectivity index is 1.14. The number of nitrogens with zero attached hydrogens (tertiary/aromatic N) is 3. The van der Waals surface area contributed by atoms with E-state index >= 15 is 0 Å². The number of amides is 1. The summed E-state index contributed by atoms with van der Waals surface area (Å²) in [6.07, 6.45) is 0.994. The van der Waals surface area contributed by atoms with Crippen molar-refractivity contribution in [2.75, 3.05) is 45.1 Å². The molecule has 5 aromatic rings. The van der Waals surface area contributed by atoms with Crippen molar-refractivity contribution in [3.8, 4) is 28.3 Å². The lowest BCUT2D eigenvalue weighted by molar-refractivity contribution is 0.102. The molecule has 3 N–H and O–H groups in total. The third kappa shape index (κ3) is 6.12. The molecule has 0 radical (unpaired) electrons. The first kappa shape index (κ1) is 27.0. The zero-order valence-corrected chi connectivity index (χ0v) is 23.7. The Bertz CT molecular complexity index is 1690. The number of imidazole rings is 1. The molecule has 2 heterocycles. The first-order chi connectivity index (χ1) is 19.9. The molecule has 208 valence electrons. The third-order valence-corrected chi connectivity index (χ3v) is 8.03. The number of aromatic hydroxyl groups is 1. The van der Waals surface area contributed by atoms with Crippen LogP contribution >= 0.6 is 11.6 Å². The lowest BCUT2D eigenvalue weighted by Gasteiger charge is -2.32. The van der Waals surface area contributed by atoms with E-state index in [1.807, 2.05) is 48.5 Å². The zero-order valence-electron chi connectivity index (χ0n) is 22.9. The van der Waals surface area contributed by atoms with Gasteiger partial charge in [0.1, 0.15) is 11.6 Å². The molecule has 4 aromatic carbocycles. The van der Waals surface area contributed by atoms with E-state index in [0.717, 1.165) is 56.0 Å². The van der Waals surface area contributed by atoms with Crippen LogP contribution in [0.25, 0.3) is 33.5 Å². The molecule has 0 unspecified atom stereocenters. The Morgan fingerprint density at radius 3 is 2.51 bits per heavy atom. The van der Waals surface area contributed by atoms with Gasteiger partial charge in [-0.3, -0.25) is 4.79 Å². The molecule has 0 atom stereocenters. The number of rotatable bonds is 7. The summed E-state index contributed by atoms with van der Waals surface area (Å²) < 4.78 is 0. The van der Waals surface area contributed by atoms with Crippen LogP contribution in [0.1, 0.15) is 15.9 Å². The van der Waals surface area contributed by atoms with E-state index in [1.165, 1.54) is 5.56 Å². The molecule has 6 rings (SSSR count). The number of H-pyrrole nitrogens is 1. The van der Waals surface area contributed by atoms with Crippen LogP contribution in [-0.4, -0.2) is 70.6 Å². The molecule has 8 heteroatoms. The van der Waals surface area contributed by atoms with Gasteiger partial charge in [0.15, 0.2) is 0 Å². The minimum atomic E-state index is -0.197. The zero-order chi connectivity index (χ0) is 28.3. The van der Waals surface area contributed by atoms with Crippen molar-refractivity contribution >= 4 is 34.2 Å². The Labute approximate surface area is 244 Å². The van der Waals surface area contributed by atoms with Crippen molar-refractivity contribution < 1.29 is 9.90 Å². The SMILES string of the molecule is CN1CCN(CCc2ccc(NC(=O)c3ccc4nc(-c5cc(-c6ccccc6Cl)ccc5O)[nH]c4c3)cc2)CC1. The fraction of sp³-hybridized carbons (Fsp3) is 0.212. The summed E-state index contributed by atoms with van der Waals surface area (Å²) in [6, 6.07) is 26.3. The van der Waals surface area contributed by atoms with Crippen LogP contribution in [0.2, 0.25) is 5.02 Å². The number of fused-ring (bicyclic) bond motifs is 1. The minimum absolute atomic E-state index is 0.102. The lowest BCUT2D eigenvalue weighted by Crippen LogP contribution is -2.45. The predicted molar refractivity (Wildman–Crippen MR) is 166 cm³/mol. The van der Waals surface area contributed by atoms with Crippen molar-refractivity contribution in [3.63, 3.8) is 0 Å². The Morgan fingerprint density at radius 2 is 1.73 bits per heavy atom. The number of phenolic OH excluding ortho intramolecular Hbond substituents is 1. The largest absolute Gasteiger partial charge is 0.507 e. The van der Waals surface area contributed by atoms with Crippen LogP contribution in [0.15, 0.2) is 84.9 Å². The van der Waals surface area contributed by atoms with Crippen molar-refractivity contribution in [2.24, 2.45) is 0 Å². The van der Waals surface area contributed by atoms with Gasteiger partial charge in [-0.05, 0) is 73.1 Å². The molecule has 1 aromatic heterocycles. The maximum Gasteiger partial charge on any atom is 0.255 e. The highest BCUT2D eigenvalue weighted by atomic mass is 35.5. The molecule has 1 saturated heterocycles. The molecule has 0 aliphatic carbocycles. The van der Waals surface area contributed by atoms with E-state index in [2.05, 4.69) is 44.3 Å². The number of anilines is 1. The smallest absolute Gasteiger partial charge is 0.255 e. The number of aromatic amines is 1. The number of halogens is 1. The summed E-state index contributed by atoms with van der Waals surface area (Å²) in [6.45, 7) is 5.52. The van der Waals surface area contributed by atoms with Crippen LogP contribution in [0.3, 0.4) is 0 Å². The van der Waals surface area contributed by atoms with E-state index < -0.39 is 0 Å². The van der Waals surface area contributed by atoms with Crippen molar-refractivity contribution in [1.82, 2.24) is 19.8 Å². The van der Waals surface area contributed by atoms with Gasteiger partial charge in [-0.2, -0.15) is 0 Å². The first-order valence-corrected chi connectivity index (χ1v) is 14.2. The highest BCUT2D eigenvalue weighted by Crippen LogP contribution is 2.35. The van der Waals surface area contributed by atoms with Gasteiger partial charge in [-0.25, -0.2) is 4.98 Å². The van der Waals surface area contributed by atoms with Gasteiger partial charge in [0.25, 0.3) is 5.91 Å². The van der Waals surface area contributed by atoms with E-state index in [-0.39, 0.29) is 11.7 Å². The average molecular weight is 566 g/mol. The minimum Gasteiger partial charge on any atom is -0.507 e. The van der Waals surface area contributed by atoms with Gasteiger partial charge in [-0.15, -0.1) is 0 Å². The van der Waals surface area contributed by atoms with Gasteiger partial charge in [0, 0.05) is 54.6 Å². The monoisotopic (exact) mass is 565 g/mol. The van der Waals surface area contributed by atoms with Gasteiger partial charge in [-0.1, -0.05) is 48.0 Å². The number of phenols is 1. The molecule has 7 nitrogen and oxygen atoms in total. The second-order valence-corrected chi connectivity index (χ2v) is 11.0. The van der Waals surface area contributed by atoms with Crippen molar-refractivity contribution in [2.45, 2.75) is 6.42 Å². The predicted octanol–water partition coefficient (Wildman–Crippen LogP) is 6.30. The highest BCUT2D eigenvalue weighted by molar-refractivity contribution is 6.33. The van der Waals surface area contributed by atoms with Gasteiger partial charge >= 0.3 is 0 Å². The summed E-state index contributed by atoms with van der Waals surface area (Å²) >= 11 is 6.39. The normalized spacial score (nSPS) is 14.4. The molecule has 1 amide bonds. The lowest BCUT2D eigenvalue weighted by atomic mass is 10.0. The number of benzene rings is 4. The molecule has 0 bridgehead atoms. The summed E-state index contributed by atoms with van der Waals surface area (Å²) in [7, 11) is 2.17. The van der Waals surface area contributed by atoms with Gasteiger partial charge in [0.05, 0.1) is 16.6 Å². The number of nitrogens with one attached hydrogen (secondary N) is 2. The molecular weight excluding hydrogens is 534 g/mol. The van der Waals surface area contributed by atoms with Crippen LogP contribution < -0.4 is 5.32 Å². The van der Waals surface area contributed by atoms with E-state index in [0.29, 0.717) is 33.0 Å². The standard InChI is InChI=1S/C33H32ClN5O2/c1-38-16-18-39(19-17-38)15-14-22-6-10-25(11-7-22)35-33(41)24-8-12-29-30(21-24)37-32(36-29)27-20-23(9-13-31(27)40)26-4-2-3-5-28(26)34/h2-13,20-21,40H,14-19H2,1H3,(H,35,41)(H,36,37). The maximum atomic E-state index is 13.1. The number of hydrogen-bond acceptors (Lipinski definition) is 5. The first-order valence-electron chi connectivity index (χ1n) is 13.8. The Morgan fingerprint density at radius 1 is 0.951 bits per heavy atom. The van der Waals surface area contributed by atoms with E-state index in [9.17, 15) is 9.90 Å². The topological polar surface area (TPSA) is 84.5 Å². The molecule has 0 spiro atoms. The fourth-order valence-electron chi connectivity index (χ4n) is 5.18. The van der Waals surface area contributed by atoms with Crippen molar-refractivity contribution in [1.29, 1.82) is 0 Å². The van der Waals surface area contributed by atoms with Crippen LogP contribution in [0.5, 0.6) is 5.75 Å².